The van der Waals surface area contributed by atoms with Crippen LogP contribution < -0.4 is 5.32 Å². The van der Waals surface area contributed by atoms with Crippen LogP contribution >= 0.6 is 0 Å². The van der Waals surface area contributed by atoms with Crippen LogP contribution in [0.5, 0.6) is 0 Å². The summed E-state index contributed by atoms with van der Waals surface area (Å²) in [5.74, 6) is -0.327. The number of ether oxygens (including phenoxy) is 1. The zero-order valence-corrected chi connectivity index (χ0v) is 13.9. The number of nitrogens with zero attached hydrogens (tertiary/aromatic N) is 4. The summed E-state index contributed by atoms with van der Waals surface area (Å²) >= 11 is 0. The number of carbonyl (C=O) groups is 2. The zero-order valence-electron chi connectivity index (χ0n) is 13.9. The molecule has 1 atom stereocenters. The summed E-state index contributed by atoms with van der Waals surface area (Å²) in [6.45, 7) is 6.39. The predicted molar refractivity (Wildman–Crippen MR) is 80.6 cm³/mol. The molecule has 23 heavy (non-hydrogen) atoms. The molecule has 1 aliphatic rings. The molecule has 1 aliphatic heterocycles. The molecule has 0 saturated carbocycles. The number of carboxylic acids is 1. The fourth-order valence-electron chi connectivity index (χ4n) is 2.50. The number of aliphatic carboxylic acids is 1. The molecule has 0 spiro atoms. The van der Waals surface area contributed by atoms with Crippen molar-refractivity contribution in [1.29, 1.82) is 0 Å². The molecule has 1 saturated heterocycles. The lowest BCUT2D eigenvalue weighted by atomic mass is 9.99. The second-order valence-corrected chi connectivity index (χ2v) is 6.83. The lowest BCUT2D eigenvalue weighted by molar-refractivity contribution is -0.144. The summed E-state index contributed by atoms with van der Waals surface area (Å²) in [5, 5.41) is 19.9. The van der Waals surface area contributed by atoms with Crippen LogP contribution in [0.2, 0.25) is 0 Å². The largest absolute Gasteiger partial charge is 0.479 e. The normalized spacial score (nSPS) is 22.1. The Morgan fingerprint density at radius 2 is 2.17 bits per heavy atom. The van der Waals surface area contributed by atoms with Gasteiger partial charge < -0.3 is 19.7 Å². The van der Waals surface area contributed by atoms with Gasteiger partial charge in [0.15, 0.2) is 5.54 Å². The average molecular weight is 325 g/mol. The topological polar surface area (TPSA) is 110 Å². The molecule has 2 rings (SSSR count). The smallest absolute Gasteiger partial charge is 0.408 e. The van der Waals surface area contributed by atoms with E-state index in [4.69, 9.17) is 4.74 Å². The fraction of sp³-hybridized carbons (Fsp3) is 0.714. The Labute approximate surface area is 134 Å². The minimum absolute atomic E-state index is 0.189. The van der Waals surface area contributed by atoms with Gasteiger partial charge in [-0.05, 0) is 27.2 Å². The van der Waals surface area contributed by atoms with Crippen molar-refractivity contribution in [2.45, 2.75) is 44.9 Å². The number of aromatic nitrogens is 3. The second kappa shape index (κ2) is 6.15. The molecule has 1 amide bonds. The number of carbonyl (C=O) groups excluding carboxylic acids is 1. The van der Waals surface area contributed by atoms with Crippen LogP contribution in [0.3, 0.4) is 0 Å². The van der Waals surface area contributed by atoms with E-state index in [9.17, 15) is 14.7 Å². The Hall–Kier alpha value is -2.16. The molecule has 1 fully saturated rings. The third-order valence-corrected chi connectivity index (χ3v) is 3.67. The number of likely N-dealkylation sites (tertiary alicyclic amines) is 1. The van der Waals surface area contributed by atoms with Gasteiger partial charge in [-0.2, -0.15) is 0 Å². The minimum Gasteiger partial charge on any atom is -0.479 e. The number of carboxylic acid groups (broad SMARTS) is 1. The van der Waals surface area contributed by atoms with Crippen molar-refractivity contribution in [2.24, 2.45) is 7.05 Å². The lowest BCUT2D eigenvalue weighted by Crippen LogP contribution is -2.57. The Morgan fingerprint density at radius 1 is 1.48 bits per heavy atom. The van der Waals surface area contributed by atoms with E-state index in [1.54, 1.807) is 31.7 Å². The van der Waals surface area contributed by atoms with Gasteiger partial charge in [0, 0.05) is 20.1 Å². The average Bonchev–Trinajstić information content (AvgIpc) is 2.96. The molecular formula is C14H23N5O4. The summed E-state index contributed by atoms with van der Waals surface area (Å²) in [7, 11) is 1.83. The molecule has 9 nitrogen and oxygen atoms in total. The van der Waals surface area contributed by atoms with E-state index in [0.717, 1.165) is 5.82 Å². The van der Waals surface area contributed by atoms with E-state index >= 15 is 0 Å². The van der Waals surface area contributed by atoms with E-state index in [1.165, 1.54) is 0 Å². The van der Waals surface area contributed by atoms with Gasteiger partial charge in [-0.15, -0.1) is 10.2 Å². The van der Waals surface area contributed by atoms with Gasteiger partial charge in [-0.25, -0.2) is 9.59 Å². The van der Waals surface area contributed by atoms with E-state index < -0.39 is 23.2 Å². The summed E-state index contributed by atoms with van der Waals surface area (Å²) in [5.41, 5.74) is -2.03. The van der Waals surface area contributed by atoms with Crippen LogP contribution in [-0.4, -0.2) is 61.1 Å². The maximum atomic E-state index is 12.0. The third-order valence-electron chi connectivity index (χ3n) is 3.67. The minimum atomic E-state index is -1.35. The van der Waals surface area contributed by atoms with Gasteiger partial charge >= 0.3 is 12.1 Å². The molecule has 1 unspecified atom stereocenters. The molecule has 9 heteroatoms. The summed E-state index contributed by atoms with van der Waals surface area (Å²) in [4.78, 5) is 25.6. The predicted octanol–water partition coefficient (Wildman–Crippen LogP) is 0.369. The Kier molecular flexibility index (Phi) is 4.60. The summed E-state index contributed by atoms with van der Waals surface area (Å²) < 4.78 is 6.96. The first-order valence-corrected chi connectivity index (χ1v) is 7.41. The van der Waals surface area contributed by atoms with Crippen LogP contribution in [-0.2, 0) is 23.1 Å². The first-order chi connectivity index (χ1) is 10.6. The van der Waals surface area contributed by atoms with Crippen LogP contribution in [0.4, 0.5) is 4.79 Å². The number of hydrogen-bond acceptors (Lipinski definition) is 6. The van der Waals surface area contributed by atoms with Crippen molar-refractivity contribution >= 4 is 12.1 Å². The summed E-state index contributed by atoms with van der Waals surface area (Å²) in [6, 6.07) is 0. The van der Waals surface area contributed by atoms with E-state index in [0.29, 0.717) is 19.5 Å². The Bertz CT molecular complexity index is 594. The molecule has 2 N–H and O–H groups in total. The van der Waals surface area contributed by atoms with Crippen molar-refractivity contribution in [3.63, 3.8) is 0 Å². The van der Waals surface area contributed by atoms with Gasteiger partial charge in [0.2, 0.25) is 0 Å². The number of rotatable bonds is 4. The molecule has 1 aromatic heterocycles. The lowest BCUT2D eigenvalue weighted by Gasteiger charge is -2.28. The van der Waals surface area contributed by atoms with E-state index in [2.05, 4.69) is 15.5 Å². The first kappa shape index (κ1) is 17.2. The zero-order chi connectivity index (χ0) is 17.3. The molecule has 1 aromatic rings. The maximum absolute atomic E-state index is 12.0. The van der Waals surface area contributed by atoms with E-state index in [1.807, 2.05) is 11.9 Å². The summed E-state index contributed by atoms with van der Waals surface area (Å²) in [6.07, 6.45) is 1.18. The van der Waals surface area contributed by atoms with Crippen molar-refractivity contribution in [3.05, 3.63) is 12.2 Å². The first-order valence-electron chi connectivity index (χ1n) is 7.41. The van der Waals surface area contributed by atoms with E-state index in [-0.39, 0.29) is 6.54 Å². The van der Waals surface area contributed by atoms with Crippen LogP contribution in [0.25, 0.3) is 0 Å². The Morgan fingerprint density at radius 3 is 2.70 bits per heavy atom. The van der Waals surface area contributed by atoms with Crippen molar-refractivity contribution in [2.75, 3.05) is 13.1 Å². The van der Waals surface area contributed by atoms with Crippen LogP contribution in [0, 0.1) is 0 Å². The number of nitrogens with one attached hydrogen (secondary N) is 1. The number of aryl methyl sites for hydroxylation is 1. The van der Waals surface area contributed by atoms with Gasteiger partial charge in [-0.3, -0.25) is 4.90 Å². The van der Waals surface area contributed by atoms with Crippen LogP contribution in [0.15, 0.2) is 6.33 Å². The number of hydrogen-bond donors (Lipinski definition) is 2. The highest BCUT2D eigenvalue weighted by Gasteiger charge is 2.47. The highest BCUT2D eigenvalue weighted by molar-refractivity contribution is 5.85. The number of amides is 1. The number of alkyl carbamates (subject to hydrolysis) is 1. The molecule has 2 heterocycles. The molecule has 0 bridgehead atoms. The third kappa shape index (κ3) is 4.19. The molecule has 0 radical (unpaired) electrons. The molecule has 128 valence electrons. The Balaban J connectivity index is 2.04. The van der Waals surface area contributed by atoms with Crippen LogP contribution in [0.1, 0.15) is 33.0 Å². The SMILES string of the molecule is Cn1cnnc1CN1CCC(NC(=O)OC(C)(C)C)(C(=O)O)C1. The fourth-order valence-corrected chi connectivity index (χ4v) is 2.50. The van der Waals surface area contributed by atoms with Gasteiger partial charge in [0.1, 0.15) is 17.8 Å². The quantitative estimate of drug-likeness (QED) is 0.823. The van der Waals surface area contributed by atoms with Gasteiger partial charge in [-0.1, -0.05) is 0 Å². The molecule has 0 aromatic carbocycles. The molecular weight excluding hydrogens is 302 g/mol. The van der Waals surface area contributed by atoms with Crippen molar-refractivity contribution in [1.82, 2.24) is 25.0 Å². The molecule has 0 aliphatic carbocycles. The van der Waals surface area contributed by atoms with Crippen molar-refractivity contribution in [3.8, 4) is 0 Å². The van der Waals surface area contributed by atoms with Gasteiger partial charge in [0.25, 0.3) is 0 Å². The highest BCUT2D eigenvalue weighted by Crippen LogP contribution is 2.24. The van der Waals surface area contributed by atoms with Gasteiger partial charge in [0.05, 0.1) is 6.54 Å². The standard InChI is InChI=1S/C14H23N5O4/c1-13(2,3)23-12(22)16-14(11(20)21)5-6-19(8-14)7-10-17-15-9-18(10)4/h9H,5-8H2,1-4H3,(H,16,22)(H,20,21). The highest BCUT2D eigenvalue weighted by atomic mass is 16.6. The van der Waals surface area contributed by atoms with Crippen molar-refractivity contribution < 1.29 is 19.4 Å². The monoisotopic (exact) mass is 325 g/mol. The second-order valence-electron chi connectivity index (χ2n) is 6.83. The maximum Gasteiger partial charge on any atom is 0.408 e.